The maximum absolute atomic E-state index is 10.9. The van der Waals surface area contributed by atoms with E-state index in [1.807, 2.05) is 0 Å². The Labute approximate surface area is 111 Å². The Morgan fingerprint density at radius 2 is 1.89 bits per heavy atom. The summed E-state index contributed by atoms with van der Waals surface area (Å²) in [6, 6.07) is 9.10. The standard InChI is InChI=1S/C16H25NO/c1-12-5-7-15(8-6-12)10-16(18)9-14(3)17(4)11-13(16)2/h5-8,13-14,18H,9-11H2,1-4H3/p+1/t13-,14+,16-/m0/s1. The van der Waals surface area contributed by atoms with E-state index in [9.17, 15) is 5.11 Å². The lowest BCUT2D eigenvalue weighted by Gasteiger charge is -2.43. The Bertz CT molecular complexity index is 400. The molecule has 0 amide bonds. The van der Waals surface area contributed by atoms with E-state index in [1.54, 1.807) is 0 Å². The van der Waals surface area contributed by atoms with E-state index in [0.717, 1.165) is 19.4 Å². The summed E-state index contributed by atoms with van der Waals surface area (Å²) >= 11 is 0. The topological polar surface area (TPSA) is 24.7 Å². The number of aryl methyl sites for hydroxylation is 1. The summed E-state index contributed by atoms with van der Waals surface area (Å²) in [5.41, 5.74) is 2.00. The van der Waals surface area contributed by atoms with Crippen LogP contribution in [0.25, 0.3) is 0 Å². The zero-order chi connectivity index (χ0) is 13.3. The smallest absolute Gasteiger partial charge is 0.0872 e. The molecular formula is C16H26NO+. The van der Waals surface area contributed by atoms with Crippen molar-refractivity contribution in [3.63, 3.8) is 0 Å². The molecule has 0 spiro atoms. The van der Waals surface area contributed by atoms with E-state index in [1.165, 1.54) is 16.0 Å². The zero-order valence-electron chi connectivity index (χ0n) is 12.0. The largest absolute Gasteiger partial charge is 0.389 e. The third-order valence-electron chi connectivity index (χ3n) is 4.68. The molecule has 2 rings (SSSR count). The van der Waals surface area contributed by atoms with Crippen LogP contribution in [0.1, 0.15) is 31.4 Å². The molecule has 18 heavy (non-hydrogen) atoms. The first-order valence-electron chi connectivity index (χ1n) is 7.01. The first-order valence-corrected chi connectivity index (χ1v) is 7.01. The highest BCUT2D eigenvalue weighted by Gasteiger charge is 2.43. The first kappa shape index (κ1) is 13.6. The van der Waals surface area contributed by atoms with Crippen LogP contribution in [0.15, 0.2) is 24.3 Å². The highest BCUT2D eigenvalue weighted by molar-refractivity contribution is 5.23. The summed E-state index contributed by atoms with van der Waals surface area (Å²) in [6.45, 7) is 7.58. The molecule has 2 heteroatoms. The minimum absolute atomic E-state index is 0.356. The fraction of sp³-hybridized carbons (Fsp3) is 0.625. The Balaban J connectivity index is 2.13. The molecule has 0 saturated carbocycles. The van der Waals surface area contributed by atoms with Crippen molar-refractivity contribution in [1.29, 1.82) is 0 Å². The van der Waals surface area contributed by atoms with E-state index in [2.05, 4.69) is 52.1 Å². The van der Waals surface area contributed by atoms with Crippen LogP contribution >= 0.6 is 0 Å². The highest BCUT2D eigenvalue weighted by atomic mass is 16.3. The predicted molar refractivity (Wildman–Crippen MR) is 74.8 cm³/mol. The van der Waals surface area contributed by atoms with Crippen LogP contribution in [0, 0.1) is 12.8 Å². The molecule has 0 radical (unpaired) electrons. The van der Waals surface area contributed by atoms with Crippen molar-refractivity contribution >= 4 is 0 Å². The minimum atomic E-state index is -0.534. The molecule has 2 nitrogen and oxygen atoms in total. The number of aliphatic hydroxyl groups is 1. The van der Waals surface area contributed by atoms with Gasteiger partial charge >= 0.3 is 0 Å². The lowest BCUT2D eigenvalue weighted by molar-refractivity contribution is -0.916. The third-order valence-corrected chi connectivity index (χ3v) is 4.68. The molecule has 0 aliphatic carbocycles. The molecule has 1 saturated heterocycles. The van der Waals surface area contributed by atoms with Crippen LogP contribution in [0.4, 0.5) is 0 Å². The molecule has 0 bridgehead atoms. The number of benzene rings is 1. The van der Waals surface area contributed by atoms with Gasteiger partial charge in [-0.3, -0.25) is 0 Å². The molecule has 2 N–H and O–H groups in total. The van der Waals surface area contributed by atoms with Gasteiger partial charge in [-0.1, -0.05) is 36.8 Å². The molecule has 1 aliphatic rings. The Morgan fingerprint density at radius 3 is 2.50 bits per heavy atom. The molecule has 1 aromatic carbocycles. The second kappa shape index (κ2) is 5.02. The van der Waals surface area contributed by atoms with Gasteiger partial charge in [-0.2, -0.15) is 0 Å². The van der Waals surface area contributed by atoms with Crippen molar-refractivity contribution in [2.24, 2.45) is 5.92 Å². The molecule has 1 aromatic rings. The number of quaternary nitrogens is 1. The number of nitrogens with one attached hydrogen (secondary N) is 1. The monoisotopic (exact) mass is 248 g/mol. The number of rotatable bonds is 2. The van der Waals surface area contributed by atoms with Gasteiger partial charge in [0.1, 0.15) is 0 Å². The summed E-state index contributed by atoms with van der Waals surface area (Å²) in [5, 5.41) is 10.9. The van der Waals surface area contributed by atoms with Crippen LogP contribution in [0.3, 0.4) is 0 Å². The van der Waals surface area contributed by atoms with E-state index in [-0.39, 0.29) is 0 Å². The van der Waals surface area contributed by atoms with Crippen molar-refractivity contribution in [2.75, 3.05) is 13.6 Å². The minimum Gasteiger partial charge on any atom is -0.389 e. The van der Waals surface area contributed by atoms with E-state index < -0.39 is 5.60 Å². The van der Waals surface area contributed by atoms with E-state index >= 15 is 0 Å². The van der Waals surface area contributed by atoms with Gasteiger partial charge in [-0.15, -0.1) is 0 Å². The van der Waals surface area contributed by atoms with Crippen molar-refractivity contribution in [3.05, 3.63) is 35.4 Å². The average Bonchev–Trinajstić information content (AvgIpc) is 2.30. The van der Waals surface area contributed by atoms with Gasteiger partial charge in [0.05, 0.1) is 25.2 Å². The van der Waals surface area contributed by atoms with Gasteiger partial charge < -0.3 is 10.0 Å². The van der Waals surface area contributed by atoms with E-state index in [4.69, 9.17) is 0 Å². The summed E-state index contributed by atoms with van der Waals surface area (Å²) < 4.78 is 0. The lowest BCUT2D eigenvalue weighted by atomic mass is 9.75. The van der Waals surface area contributed by atoms with Gasteiger partial charge in [-0.05, 0) is 19.4 Å². The van der Waals surface area contributed by atoms with Crippen LogP contribution < -0.4 is 4.90 Å². The Hall–Kier alpha value is -0.860. The van der Waals surface area contributed by atoms with Crippen LogP contribution in [0.5, 0.6) is 0 Å². The Kier molecular flexibility index (Phi) is 3.79. The fourth-order valence-corrected chi connectivity index (χ4v) is 3.09. The first-order chi connectivity index (χ1) is 8.40. The van der Waals surface area contributed by atoms with Gasteiger partial charge in [0.2, 0.25) is 0 Å². The van der Waals surface area contributed by atoms with Gasteiger partial charge in [0.25, 0.3) is 0 Å². The molecule has 1 aliphatic heterocycles. The summed E-state index contributed by atoms with van der Waals surface area (Å²) in [6.07, 6.45) is 1.68. The van der Waals surface area contributed by atoms with Crippen molar-refractivity contribution < 1.29 is 10.0 Å². The number of hydrogen-bond donors (Lipinski definition) is 2. The summed E-state index contributed by atoms with van der Waals surface area (Å²) in [7, 11) is 2.23. The molecular weight excluding hydrogens is 222 g/mol. The SMILES string of the molecule is Cc1ccc(C[C@@]2(O)C[C@@H](C)[NH+](C)C[C@@H]2C)cc1. The average molecular weight is 248 g/mol. The van der Waals surface area contributed by atoms with Crippen molar-refractivity contribution in [1.82, 2.24) is 0 Å². The third kappa shape index (κ3) is 2.76. The van der Waals surface area contributed by atoms with Crippen LogP contribution in [0.2, 0.25) is 0 Å². The number of piperidine rings is 1. The van der Waals surface area contributed by atoms with Gasteiger partial charge in [0, 0.05) is 18.8 Å². The molecule has 1 heterocycles. The van der Waals surface area contributed by atoms with Crippen LogP contribution in [-0.2, 0) is 6.42 Å². The predicted octanol–water partition coefficient (Wildman–Crippen LogP) is 1.21. The quantitative estimate of drug-likeness (QED) is 0.808. The molecule has 1 unspecified atom stereocenters. The summed E-state index contributed by atoms with van der Waals surface area (Å²) in [4.78, 5) is 1.54. The summed E-state index contributed by atoms with van der Waals surface area (Å²) in [5.74, 6) is 0.356. The van der Waals surface area contributed by atoms with Crippen LogP contribution in [-0.4, -0.2) is 30.3 Å². The second-order valence-corrected chi connectivity index (χ2v) is 6.32. The molecule has 0 aromatic heterocycles. The molecule has 1 fully saturated rings. The zero-order valence-corrected chi connectivity index (χ0v) is 12.0. The Morgan fingerprint density at radius 1 is 1.28 bits per heavy atom. The molecule has 4 atom stereocenters. The number of hydrogen-bond acceptors (Lipinski definition) is 1. The maximum Gasteiger partial charge on any atom is 0.0872 e. The van der Waals surface area contributed by atoms with E-state index in [0.29, 0.717) is 12.0 Å². The van der Waals surface area contributed by atoms with Crippen molar-refractivity contribution in [2.45, 2.75) is 45.3 Å². The maximum atomic E-state index is 10.9. The number of likely N-dealkylation sites (tertiary alicyclic amines) is 1. The van der Waals surface area contributed by atoms with Gasteiger partial charge in [-0.25, -0.2) is 0 Å². The molecule has 100 valence electrons. The van der Waals surface area contributed by atoms with Crippen molar-refractivity contribution in [3.8, 4) is 0 Å². The fourth-order valence-electron chi connectivity index (χ4n) is 3.09. The second-order valence-electron chi connectivity index (χ2n) is 6.32. The lowest BCUT2D eigenvalue weighted by Crippen LogP contribution is -3.15. The normalized spacial score (nSPS) is 36.6. The highest BCUT2D eigenvalue weighted by Crippen LogP contribution is 2.29. The van der Waals surface area contributed by atoms with Gasteiger partial charge in [0.15, 0.2) is 0 Å².